The Balaban J connectivity index is 4.09. The summed E-state index contributed by atoms with van der Waals surface area (Å²) in [5.41, 5.74) is 5.71. The summed E-state index contributed by atoms with van der Waals surface area (Å²) >= 11 is 0. The summed E-state index contributed by atoms with van der Waals surface area (Å²) in [4.78, 5) is 22.2. The number of hydrogen-bond acceptors (Lipinski definition) is 4. The summed E-state index contributed by atoms with van der Waals surface area (Å²) in [6.45, 7) is 6.33. The quantitative estimate of drug-likeness (QED) is 0.555. The van der Waals surface area contributed by atoms with E-state index in [0.29, 0.717) is 18.9 Å². The first-order chi connectivity index (χ1) is 8.36. The molecule has 0 bridgehead atoms. The maximum atomic E-state index is 11.6. The van der Waals surface area contributed by atoms with Gasteiger partial charge in [-0.1, -0.05) is 13.8 Å². The summed E-state index contributed by atoms with van der Waals surface area (Å²) in [7, 11) is 0. The average Bonchev–Trinajstić information content (AvgIpc) is 2.24. The van der Waals surface area contributed by atoms with E-state index in [1.807, 2.05) is 13.8 Å². The van der Waals surface area contributed by atoms with E-state index in [1.54, 1.807) is 6.92 Å². The predicted molar refractivity (Wildman–Crippen MR) is 68.1 cm³/mol. The van der Waals surface area contributed by atoms with Crippen molar-refractivity contribution in [2.45, 2.75) is 45.8 Å². The Morgan fingerprint density at radius 3 is 2.44 bits per heavy atom. The zero-order chi connectivity index (χ0) is 14.1. The zero-order valence-electron chi connectivity index (χ0n) is 11.3. The van der Waals surface area contributed by atoms with Gasteiger partial charge in [-0.15, -0.1) is 0 Å². The molecule has 0 aliphatic heterocycles. The minimum atomic E-state index is -0.950. The third-order valence-electron chi connectivity index (χ3n) is 2.37. The van der Waals surface area contributed by atoms with E-state index < -0.39 is 18.1 Å². The van der Waals surface area contributed by atoms with Gasteiger partial charge in [-0.25, -0.2) is 0 Å². The van der Waals surface area contributed by atoms with Gasteiger partial charge in [0.25, 0.3) is 0 Å². The first-order valence-corrected chi connectivity index (χ1v) is 6.23. The van der Waals surface area contributed by atoms with Crippen molar-refractivity contribution in [1.82, 2.24) is 5.32 Å². The summed E-state index contributed by atoms with van der Waals surface area (Å²) in [5, 5.41) is 11.3. The van der Waals surface area contributed by atoms with Gasteiger partial charge in [0.15, 0.2) is 0 Å². The van der Waals surface area contributed by atoms with Gasteiger partial charge in [0.05, 0.1) is 18.6 Å². The molecule has 0 aromatic heterocycles. The highest BCUT2D eigenvalue weighted by Crippen LogP contribution is 2.03. The van der Waals surface area contributed by atoms with Gasteiger partial charge >= 0.3 is 5.97 Å². The molecule has 0 aliphatic rings. The lowest BCUT2D eigenvalue weighted by molar-refractivity contribution is -0.140. The number of amides is 1. The van der Waals surface area contributed by atoms with Crippen molar-refractivity contribution in [2.75, 3.05) is 13.2 Å². The van der Waals surface area contributed by atoms with Crippen LogP contribution in [0.3, 0.4) is 0 Å². The number of carbonyl (C=O) groups excluding carboxylic acids is 1. The molecule has 0 rings (SSSR count). The number of carbonyl (C=O) groups is 2. The Morgan fingerprint density at radius 2 is 2.00 bits per heavy atom. The lowest BCUT2D eigenvalue weighted by Gasteiger charge is -2.18. The van der Waals surface area contributed by atoms with Crippen LogP contribution in [0.1, 0.15) is 33.6 Å². The topological polar surface area (TPSA) is 102 Å². The molecule has 4 N–H and O–H groups in total. The fourth-order valence-electron chi connectivity index (χ4n) is 1.58. The molecule has 0 aromatic rings. The van der Waals surface area contributed by atoms with Crippen LogP contribution < -0.4 is 11.1 Å². The average molecular weight is 260 g/mol. The van der Waals surface area contributed by atoms with E-state index in [1.165, 1.54) is 0 Å². The fraction of sp³-hybridized carbons (Fsp3) is 0.833. The van der Waals surface area contributed by atoms with Crippen LogP contribution in [0.25, 0.3) is 0 Å². The summed E-state index contributed by atoms with van der Waals surface area (Å²) < 4.78 is 5.23. The van der Waals surface area contributed by atoms with Gasteiger partial charge in [0.1, 0.15) is 0 Å². The van der Waals surface area contributed by atoms with Gasteiger partial charge in [0, 0.05) is 13.2 Å². The maximum Gasteiger partial charge on any atom is 0.306 e. The van der Waals surface area contributed by atoms with Crippen LogP contribution in [0.4, 0.5) is 0 Å². The molecule has 1 amide bonds. The molecule has 6 heteroatoms. The minimum absolute atomic E-state index is 0.131. The molecular formula is C12H24N2O4. The monoisotopic (exact) mass is 260 g/mol. The summed E-state index contributed by atoms with van der Waals surface area (Å²) in [6, 6.07) is -0.558. The van der Waals surface area contributed by atoms with E-state index in [4.69, 9.17) is 15.6 Å². The molecule has 18 heavy (non-hydrogen) atoms. The number of hydrogen-bond donors (Lipinski definition) is 3. The highest BCUT2D eigenvalue weighted by Gasteiger charge is 2.18. The van der Waals surface area contributed by atoms with Gasteiger partial charge in [-0.2, -0.15) is 0 Å². The van der Waals surface area contributed by atoms with Crippen molar-refractivity contribution in [3.63, 3.8) is 0 Å². The SMILES string of the molecule is CCOC(CNC(=O)[C@H](N)CC(C)C)CC(=O)O. The largest absolute Gasteiger partial charge is 0.481 e. The Hall–Kier alpha value is -1.14. The van der Waals surface area contributed by atoms with Gasteiger partial charge in [-0.3, -0.25) is 9.59 Å². The van der Waals surface area contributed by atoms with E-state index in [-0.39, 0.29) is 18.9 Å². The Bertz CT molecular complexity index is 269. The Morgan fingerprint density at radius 1 is 1.39 bits per heavy atom. The molecule has 106 valence electrons. The zero-order valence-corrected chi connectivity index (χ0v) is 11.3. The molecule has 6 nitrogen and oxygen atoms in total. The van der Waals surface area contributed by atoms with E-state index >= 15 is 0 Å². The molecule has 2 atom stereocenters. The third-order valence-corrected chi connectivity index (χ3v) is 2.37. The molecule has 0 spiro atoms. The van der Waals surface area contributed by atoms with Crippen molar-refractivity contribution >= 4 is 11.9 Å². The van der Waals surface area contributed by atoms with Crippen molar-refractivity contribution < 1.29 is 19.4 Å². The van der Waals surface area contributed by atoms with Crippen molar-refractivity contribution in [3.05, 3.63) is 0 Å². The number of ether oxygens (including phenoxy) is 1. The minimum Gasteiger partial charge on any atom is -0.481 e. The molecule has 0 saturated carbocycles. The van der Waals surface area contributed by atoms with Crippen LogP contribution in [-0.4, -0.2) is 42.3 Å². The molecule has 0 radical (unpaired) electrons. The predicted octanol–water partition coefficient (Wildman–Crippen LogP) is 0.356. The lowest BCUT2D eigenvalue weighted by atomic mass is 10.0. The standard InChI is InChI=1S/C12H24N2O4/c1-4-18-9(6-11(15)16)7-14-12(17)10(13)5-8(2)3/h8-10H,4-7,13H2,1-3H3,(H,14,17)(H,15,16)/t9?,10-/m1/s1. The number of aliphatic carboxylic acids is 1. The normalized spacial score (nSPS) is 14.3. The van der Waals surface area contributed by atoms with E-state index in [0.717, 1.165) is 0 Å². The second-order valence-corrected chi connectivity index (χ2v) is 4.66. The number of carboxylic acid groups (broad SMARTS) is 1. The van der Waals surface area contributed by atoms with Crippen LogP contribution in [0.15, 0.2) is 0 Å². The molecule has 0 aliphatic carbocycles. The number of rotatable bonds is 9. The van der Waals surface area contributed by atoms with Crippen molar-refractivity contribution in [3.8, 4) is 0 Å². The molecule has 0 fully saturated rings. The van der Waals surface area contributed by atoms with Crippen LogP contribution >= 0.6 is 0 Å². The molecule has 1 unspecified atom stereocenters. The van der Waals surface area contributed by atoms with Crippen LogP contribution in [0, 0.1) is 5.92 Å². The first kappa shape index (κ1) is 16.9. The Kier molecular flexibility index (Phi) is 8.32. The summed E-state index contributed by atoms with van der Waals surface area (Å²) in [5.74, 6) is -0.875. The van der Waals surface area contributed by atoms with Crippen LogP contribution in [0.2, 0.25) is 0 Å². The Labute approximate surface area is 108 Å². The first-order valence-electron chi connectivity index (χ1n) is 6.23. The molecule has 0 saturated heterocycles. The molecule has 0 aromatic carbocycles. The number of nitrogens with one attached hydrogen (secondary N) is 1. The van der Waals surface area contributed by atoms with Crippen LogP contribution in [0.5, 0.6) is 0 Å². The smallest absolute Gasteiger partial charge is 0.306 e. The molecular weight excluding hydrogens is 236 g/mol. The molecule has 0 heterocycles. The second-order valence-electron chi connectivity index (χ2n) is 4.66. The summed E-state index contributed by atoms with van der Waals surface area (Å²) in [6.07, 6.45) is -0.0415. The van der Waals surface area contributed by atoms with Crippen molar-refractivity contribution in [1.29, 1.82) is 0 Å². The highest BCUT2D eigenvalue weighted by molar-refractivity contribution is 5.81. The van der Waals surface area contributed by atoms with Crippen LogP contribution in [-0.2, 0) is 14.3 Å². The van der Waals surface area contributed by atoms with Gasteiger partial charge in [0.2, 0.25) is 5.91 Å². The van der Waals surface area contributed by atoms with E-state index in [9.17, 15) is 9.59 Å². The lowest BCUT2D eigenvalue weighted by Crippen LogP contribution is -2.44. The van der Waals surface area contributed by atoms with Gasteiger partial charge < -0.3 is 20.9 Å². The van der Waals surface area contributed by atoms with Crippen molar-refractivity contribution in [2.24, 2.45) is 11.7 Å². The van der Waals surface area contributed by atoms with E-state index in [2.05, 4.69) is 5.32 Å². The highest BCUT2D eigenvalue weighted by atomic mass is 16.5. The third kappa shape index (κ3) is 8.03. The number of carboxylic acids is 1. The fourth-order valence-corrected chi connectivity index (χ4v) is 1.58. The van der Waals surface area contributed by atoms with Gasteiger partial charge in [-0.05, 0) is 19.3 Å². The maximum absolute atomic E-state index is 11.6. The number of nitrogens with two attached hydrogens (primary N) is 1. The second kappa shape index (κ2) is 8.88.